The predicted molar refractivity (Wildman–Crippen MR) is 123 cm³/mol. The van der Waals surface area contributed by atoms with Crippen LogP contribution in [0.15, 0.2) is 60.7 Å². The molecule has 31 heavy (non-hydrogen) atoms. The maximum atomic E-state index is 14.0. The third-order valence-electron chi connectivity index (χ3n) is 5.70. The maximum Gasteiger partial charge on any atom is 0.362 e. The molecule has 0 fully saturated rings. The molecule has 2 unspecified atom stereocenters. The largest absolute Gasteiger partial charge is 0.463 e. The molecule has 1 aliphatic heterocycles. The monoisotopic (exact) mass is 434 g/mol. The van der Waals surface area contributed by atoms with Gasteiger partial charge in [0, 0.05) is 12.5 Å². The molecule has 1 heterocycles. The Kier molecular flexibility index (Phi) is 5.05. The minimum Gasteiger partial charge on any atom is -0.463 e. The highest BCUT2D eigenvalue weighted by Crippen LogP contribution is 2.54. The van der Waals surface area contributed by atoms with Gasteiger partial charge in [-0.15, -0.1) is 0 Å². The highest BCUT2D eigenvalue weighted by atomic mass is 31.2. The van der Waals surface area contributed by atoms with Gasteiger partial charge in [-0.2, -0.15) is 0 Å². The molecule has 0 aliphatic carbocycles. The van der Waals surface area contributed by atoms with Gasteiger partial charge >= 0.3 is 13.6 Å². The predicted octanol–water partition coefficient (Wildman–Crippen LogP) is 5.50. The standard InChI is InChI=1S/C25H23O5P/c1-3-28-22(26)13-11-20-15-19-14-18-9-8-16-6-5-7-17-10-12-21(24(18)23(16)17)25(19)31(27,30-20)29-4-2/h5-14,20H,3-4,15H2,1-2H3/b13-11+. The topological polar surface area (TPSA) is 61.8 Å². The molecule has 6 heteroatoms. The molecule has 0 saturated heterocycles. The maximum absolute atomic E-state index is 14.0. The van der Waals surface area contributed by atoms with Crippen LogP contribution in [0.25, 0.3) is 32.3 Å². The van der Waals surface area contributed by atoms with Crippen LogP contribution in [0.5, 0.6) is 0 Å². The summed E-state index contributed by atoms with van der Waals surface area (Å²) < 4.78 is 30.7. The Morgan fingerprint density at radius 1 is 1.06 bits per heavy atom. The van der Waals surface area contributed by atoms with Gasteiger partial charge in [-0.1, -0.05) is 48.5 Å². The molecule has 5 nitrogen and oxygen atoms in total. The molecule has 0 radical (unpaired) electrons. The minimum atomic E-state index is -3.60. The summed E-state index contributed by atoms with van der Waals surface area (Å²) in [5.74, 6) is -0.446. The van der Waals surface area contributed by atoms with E-state index >= 15 is 0 Å². The zero-order chi connectivity index (χ0) is 21.6. The van der Waals surface area contributed by atoms with Crippen molar-refractivity contribution in [2.24, 2.45) is 0 Å². The van der Waals surface area contributed by atoms with Crippen molar-refractivity contribution < 1.29 is 23.1 Å². The van der Waals surface area contributed by atoms with E-state index in [1.807, 2.05) is 12.1 Å². The van der Waals surface area contributed by atoms with Crippen LogP contribution in [-0.2, 0) is 29.6 Å². The Morgan fingerprint density at radius 2 is 1.81 bits per heavy atom. The second-order valence-electron chi connectivity index (χ2n) is 7.61. The fraction of sp³-hybridized carbons (Fsp3) is 0.240. The van der Waals surface area contributed by atoms with Gasteiger partial charge in [0.15, 0.2) is 0 Å². The molecule has 0 N–H and O–H groups in total. The molecule has 158 valence electrons. The lowest BCUT2D eigenvalue weighted by Crippen LogP contribution is -2.29. The number of esters is 1. The third-order valence-corrected chi connectivity index (χ3v) is 7.92. The van der Waals surface area contributed by atoms with Gasteiger partial charge in [-0.25, -0.2) is 4.79 Å². The fourth-order valence-electron chi connectivity index (χ4n) is 4.56. The molecule has 0 saturated carbocycles. The van der Waals surface area contributed by atoms with Crippen molar-refractivity contribution in [3.05, 3.63) is 66.2 Å². The van der Waals surface area contributed by atoms with Crippen molar-refractivity contribution in [3.8, 4) is 0 Å². The number of fused-ring (bicyclic) bond motifs is 2. The summed E-state index contributed by atoms with van der Waals surface area (Å²) in [6.07, 6.45) is 2.90. The van der Waals surface area contributed by atoms with E-state index in [4.69, 9.17) is 13.8 Å². The number of rotatable bonds is 5. The second kappa shape index (κ2) is 7.76. The number of benzene rings is 4. The van der Waals surface area contributed by atoms with Crippen LogP contribution in [0.4, 0.5) is 0 Å². The Hall–Kier alpha value is -2.72. The summed E-state index contributed by atoms with van der Waals surface area (Å²) in [6.45, 7) is 4.11. The molecular weight excluding hydrogens is 411 g/mol. The quantitative estimate of drug-likeness (QED) is 0.180. The average molecular weight is 434 g/mol. The van der Waals surface area contributed by atoms with Gasteiger partial charge in [-0.3, -0.25) is 9.09 Å². The first-order valence-electron chi connectivity index (χ1n) is 10.5. The van der Waals surface area contributed by atoms with Crippen LogP contribution in [0.3, 0.4) is 0 Å². The van der Waals surface area contributed by atoms with Crippen LogP contribution in [0.1, 0.15) is 19.4 Å². The van der Waals surface area contributed by atoms with Crippen molar-refractivity contribution in [2.75, 3.05) is 13.2 Å². The summed E-state index contributed by atoms with van der Waals surface area (Å²) in [5, 5.41) is 7.17. The Bertz CT molecular complexity index is 1360. The van der Waals surface area contributed by atoms with Crippen molar-refractivity contribution in [1.82, 2.24) is 0 Å². The van der Waals surface area contributed by atoms with E-state index < -0.39 is 19.7 Å². The molecule has 5 rings (SSSR count). The first-order valence-corrected chi connectivity index (χ1v) is 12.1. The lowest BCUT2D eigenvalue weighted by Gasteiger charge is -2.31. The molecule has 2 atom stereocenters. The first kappa shape index (κ1) is 20.2. The molecule has 0 bridgehead atoms. The summed E-state index contributed by atoms with van der Waals surface area (Å²) >= 11 is 0. The summed E-state index contributed by atoms with van der Waals surface area (Å²) in [7, 11) is -3.60. The van der Waals surface area contributed by atoms with Crippen LogP contribution in [0, 0.1) is 0 Å². The fourth-order valence-corrected chi connectivity index (χ4v) is 6.69. The van der Waals surface area contributed by atoms with Gasteiger partial charge in [0.05, 0.1) is 24.6 Å². The van der Waals surface area contributed by atoms with E-state index in [1.54, 1.807) is 19.9 Å². The molecule has 4 aromatic rings. The van der Waals surface area contributed by atoms with Crippen molar-refractivity contribution in [2.45, 2.75) is 26.4 Å². The SMILES string of the molecule is CCOC(=O)/C=C/C1Cc2cc3ccc4cccc5ccc(c2P(=O)(OCC)O1)c3c45. The lowest BCUT2D eigenvalue weighted by atomic mass is 9.91. The van der Waals surface area contributed by atoms with Gasteiger partial charge in [-0.05, 0) is 57.8 Å². The molecule has 0 aromatic heterocycles. The molecule has 4 aromatic carbocycles. The number of hydrogen-bond acceptors (Lipinski definition) is 5. The average Bonchev–Trinajstić information content (AvgIpc) is 2.75. The lowest BCUT2D eigenvalue weighted by molar-refractivity contribution is -0.137. The summed E-state index contributed by atoms with van der Waals surface area (Å²) in [4.78, 5) is 11.8. The van der Waals surface area contributed by atoms with Crippen molar-refractivity contribution in [3.63, 3.8) is 0 Å². The molecule has 0 amide bonds. The zero-order valence-electron chi connectivity index (χ0n) is 17.5. The van der Waals surface area contributed by atoms with Crippen molar-refractivity contribution in [1.29, 1.82) is 0 Å². The number of hydrogen-bond donors (Lipinski definition) is 0. The molecule has 0 spiro atoms. The second-order valence-corrected chi connectivity index (χ2v) is 9.53. The molecule has 1 aliphatic rings. The smallest absolute Gasteiger partial charge is 0.362 e. The first-order chi connectivity index (χ1) is 15.0. The van der Waals surface area contributed by atoms with E-state index in [2.05, 4.69) is 36.4 Å². The van der Waals surface area contributed by atoms with Crippen LogP contribution < -0.4 is 5.30 Å². The number of carbonyl (C=O) groups excluding carboxylic acids is 1. The number of ether oxygens (including phenoxy) is 1. The van der Waals surface area contributed by atoms with E-state index in [-0.39, 0.29) is 6.61 Å². The summed E-state index contributed by atoms with van der Waals surface area (Å²) in [5.41, 5.74) is 0.924. The van der Waals surface area contributed by atoms with Gasteiger partial charge in [0.2, 0.25) is 0 Å². The zero-order valence-corrected chi connectivity index (χ0v) is 18.4. The van der Waals surface area contributed by atoms with Crippen LogP contribution >= 0.6 is 7.60 Å². The Balaban J connectivity index is 1.72. The number of carbonyl (C=O) groups is 1. The minimum absolute atomic E-state index is 0.257. The van der Waals surface area contributed by atoms with Gasteiger partial charge in [0.25, 0.3) is 0 Å². The highest BCUT2D eigenvalue weighted by Gasteiger charge is 2.39. The van der Waals surface area contributed by atoms with Crippen LogP contribution in [-0.4, -0.2) is 25.3 Å². The van der Waals surface area contributed by atoms with E-state index in [0.29, 0.717) is 18.3 Å². The van der Waals surface area contributed by atoms with E-state index in [9.17, 15) is 9.36 Å². The van der Waals surface area contributed by atoms with E-state index in [1.165, 1.54) is 6.08 Å². The highest BCUT2D eigenvalue weighted by molar-refractivity contribution is 7.63. The third kappa shape index (κ3) is 3.34. The van der Waals surface area contributed by atoms with Crippen LogP contribution in [0.2, 0.25) is 0 Å². The van der Waals surface area contributed by atoms with E-state index in [0.717, 1.165) is 37.9 Å². The Labute approximate surface area is 180 Å². The summed E-state index contributed by atoms with van der Waals surface area (Å²) in [6, 6.07) is 16.6. The molecular formula is C25H23O5P. The van der Waals surface area contributed by atoms with Gasteiger partial charge < -0.3 is 9.26 Å². The van der Waals surface area contributed by atoms with Crippen molar-refractivity contribution >= 4 is 51.2 Å². The normalized spacial score (nSPS) is 21.3. The Morgan fingerprint density at radius 3 is 2.55 bits per heavy atom. The van der Waals surface area contributed by atoms with Gasteiger partial charge in [0.1, 0.15) is 0 Å².